The van der Waals surface area contributed by atoms with Gasteiger partial charge in [0.2, 0.25) is 0 Å². The fourth-order valence-electron chi connectivity index (χ4n) is 4.09. The molecule has 0 unspecified atom stereocenters. The Morgan fingerprint density at radius 2 is 1.97 bits per heavy atom. The molecule has 1 aliphatic carbocycles. The zero-order chi connectivity index (χ0) is 20.9. The number of nitrogens with one attached hydrogen (secondary N) is 1. The summed E-state index contributed by atoms with van der Waals surface area (Å²) >= 11 is 0. The van der Waals surface area contributed by atoms with Gasteiger partial charge in [-0.25, -0.2) is 4.98 Å². The topological polar surface area (TPSA) is 56.1 Å². The van der Waals surface area contributed by atoms with Crippen molar-refractivity contribution in [1.82, 2.24) is 14.9 Å². The van der Waals surface area contributed by atoms with Crippen LogP contribution in [0.4, 0.5) is 0 Å². The summed E-state index contributed by atoms with van der Waals surface area (Å²) in [6.45, 7) is 4.39. The molecule has 0 spiro atoms. The van der Waals surface area contributed by atoms with Crippen LogP contribution in [-0.2, 0) is 24.2 Å². The van der Waals surface area contributed by atoms with Crippen LogP contribution in [0.2, 0.25) is 0 Å². The first kappa shape index (κ1) is 20.2. The summed E-state index contributed by atoms with van der Waals surface area (Å²) in [5.74, 6) is 1.61. The minimum atomic E-state index is -0.506. The number of nitrogens with zero attached hydrogens (tertiary/aromatic N) is 2. The van der Waals surface area contributed by atoms with E-state index in [0.717, 1.165) is 35.7 Å². The molecule has 1 N–H and O–H groups in total. The van der Waals surface area contributed by atoms with Crippen LogP contribution in [0.25, 0.3) is 5.69 Å². The van der Waals surface area contributed by atoms with Crippen LogP contribution in [0, 0.1) is 6.92 Å². The SMILES string of the molecule is CC[C@@H](Oc1ccc2c(c1)CCCC2)C(=O)NCc1ccccc1-n1ccnc1C. The Morgan fingerprint density at radius 1 is 1.17 bits per heavy atom. The molecule has 156 valence electrons. The van der Waals surface area contributed by atoms with E-state index in [1.165, 1.54) is 24.0 Å². The highest BCUT2D eigenvalue weighted by atomic mass is 16.5. The first-order chi connectivity index (χ1) is 14.7. The van der Waals surface area contributed by atoms with Gasteiger partial charge in [0.05, 0.1) is 5.69 Å². The zero-order valence-corrected chi connectivity index (χ0v) is 17.7. The molecule has 1 aromatic heterocycles. The molecule has 5 nitrogen and oxygen atoms in total. The van der Waals surface area contributed by atoms with E-state index in [0.29, 0.717) is 13.0 Å². The van der Waals surface area contributed by atoms with E-state index >= 15 is 0 Å². The lowest BCUT2D eigenvalue weighted by molar-refractivity contribution is -0.128. The molecule has 1 atom stereocenters. The van der Waals surface area contributed by atoms with Crippen molar-refractivity contribution >= 4 is 5.91 Å². The summed E-state index contributed by atoms with van der Waals surface area (Å²) in [6.07, 6.45) is 8.55. The maximum absolute atomic E-state index is 12.9. The van der Waals surface area contributed by atoms with Crippen molar-refractivity contribution in [3.05, 3.63) is 77.4 Å². The number of aryl methyl sites for hydroxylation is 3. The van der Waals surface area contributed by atoms with Crippen molar-refractivity contribution in [1.29, 1.82) is 0 Å². The fraction of sp³-hybridized carbons (Fsp3) is 0.360. The standard InChI is InChI=1S/C25H29N3O2/c1-3-24(30-22-13-12-19-8-4-5-9-20(19)16-22)25(29)27-17-21-10-6-7-11-23(21)28-15-14-26-18(28)2/h6-7,10-16,24H,3-5,8-9,17H2,1-2H3,(H,27,29)/t24-/m1/s1. The van der Waals surface area contributed by atoms with E-state index in [2.05, 4.69) is 22.4 Å². The van der Waals surface area contributed by atoms with Gasteiger partial charge in [-0.3, -0.25) is 4.79 Å². The Bertz CT molecular complexity index is 1020. The first-order valence-corrected chi connectivity index (χ1v) is 10.8. The highest BCUT2D eigenvalue weighted by molar-refractivity contribution is 5.81. The lowest BCUT2D eigenvalue weighted by atomic mass is 9.92. The minimum Gasteiger partial charge on any atom is -0.481 e. The summed E-state index contributed by atoms with van der Waals surface area (Å²) in [5.41, 5.74) is 4.84. The molecule has 0 aliphatic heterocycles. The van der Waals surface area contributed by atoms with E-state index in [1.54, 1.807) is 6.20 Å². The number of ether oxygens (including phenoxy) is 1. The highest BCUT2D eigenvalue weighted by Gasteiger charge is 2.20. The van der Waals surface area contributed by atoms with Gasteiger partial charge in [-0.1, -0.05) is 31.2 Å². The van der Waals surface area contributed by atoms with Gasteiger partial charge >= 0.3 is 0 Å². The predicted molar refractivity (Wildman–Crippen MR) is 118 cm³/mol. The van der Waals surface area contributed by atoms with Crippen LogP contribution >= 0.6 is 0 Å². The molecular formula is C25H29N3O2. The maximum Gasteiger partial charge on any atom is 0.261 e. The molecule has 0 fully saturated rings. The number of fused-ring (bicyclic) bond motifs is 1. The van der Waals surface area contributed by atoms with Crippen LogP contribution in [0.15, 0.2) is 54.9 Å². The quantitative estimate of drug-likeness (QED) is 0.630. The molecule has 0 bridgehead atoms. The number of aromatic nitrogens is 2. The van der Waals surface area contributed by atoms with Crippen molar-refractivity contribution in [3.63, 3.8) is 0 Å². The third kappa shape index (κ3) is 4.40. The Morgan fingerprint density at radius 3 is 2.73 bits per heavy atom. The fourth-order valence-corrected chi connectivity index (χ4v) is 4.09. The van der Waals surface area contributed by atoms with Crippen molar-refractivity contribution < 1.29 is 9.53 Å². The maximum atomic E-state index is 12.9. The molecule has 3 aromatic rings. The largest absolute Gasteiger partial charge is 0.481 e. The van der Waals surface area contributed by atoms with Crippen LogP contribution in [0.1, 0.15) is 48.7 Å². The molecule has 0 radical (unpaired) electrons. The van der Waals surface area contributed by atoms with Gasteiger partial charge < -0.3 is 14.6 Å². The van der Waals surface area contributed by atoms with E-state index in [4.69, 9.17) is 4.74 Å². The van der Waals surface area contributed by atoms with Crippen LogP contribution in [0.3, 0.4) is 0 Å². The van der Waals surface area contributed by atoms with E-state index in [9.17, 15) is 4.79 Å². The van der Waals surface area contributed by atoms with Crippen molar-refractivity contribution in [3.8, 4) is 11.4 Å². The molecule has 5 heteroatoms. The molecule has 4 rings (SSSR count). The lowest BCUT2D eigenvalue weighted by Crippen LogP contribution is -2.37. The average molecular weight is 404 g/mol. The molecule has 1 aliphatic rings. The van der Waals surface area contributed by atoms with Gasteiger partial charge in [0, 0.05) is 18.9 Å². The number of amides is 1. The Kier molecular flexibility index (Phi) is 6.17. The second-order valence-corrected chi connectivity index (χ2v) is 7.84. The van der Waals surface area contributed by atoms with Crippen molar-refractivity contribution in [2.45, 2.75) is 58.6 Å². The molecule has 1 amide bonds. The average Bonchev–Trinajstić information content (AvgIpc) is 3.21. The van der Waals surface area contributed by atoms with E-state index in [1.807, 2.05) is 54.9 Å². The number of benzene rings is 2. The Balaban J connectivity index is 1.43. The highest BCUT2D eigenvalue weighted by Crippen LogP contribution is 2.26. The van der Waals surface area contributed by atoms with Gasteiger partial charge in [-0.2, -0.15) is 0 Å². The normalized spacial score (nSPS) is 14.1. The van der Waals surface area contributed by atoms with Crippen molar-refractivity contribution in [2.24, 2.45) is 0 Å². The molecule has 0 saturated carbocycles. The van der Waals surface area contributed by atoms with Crippen LogP contribution < -0.4 is 10.1 Å². The van der Waals surface area contributed by atoms with Gasteiger partial charge in [0.25, 0.3) is 5.91 Å². The number of imidazole rings is 1. The monoisotopic (exact) mass is 403 g/mol. The molecule has 30 heavy (non-hydrogen) atoms. The molecule has 1 heterocycles. The number of rotatable bonds is 7. The molecular weight excluding hydrogens is 374 g/mol. The second-order valence-electron chi connectivity index (χ2n) is 7.84. The number of para-hydroxylation sites is 1. The van der Waals surface area contributed by atoms with Crippen LogP contribution in [-0.4, -0.2) is 21.6 Å². The number of carbonyl (C=O) groups is 1. The Labute approximate surface area is 178 Å². The molecule has 0 saturated heterocycles. The van der Waals surface area contributed by atoms with Crippen molar-refractivity contribution in [2.75, 3.05) is 0 Å². The lowest BCUT2D eigenvalue weighted by Gasteiger charge is -2.21. The summed E-state index contributed by atoms with van der Waals surface area (Å²) in [7, 11) is 0. The zero-order valence-electron chi connectivity index (χ0n) is 17.7. The van der Waals surface area contributed by atoms with Gasteiger partial charge in [0.15, 0.2) is 6.10 Å². The number of hydrogen-bond donors (Lipinski definition) is 1. The van der Waals surface area contributed by atoms with Gasteiger partial charge in [-0.15, -0.1) is 0 Å². The Hall–Kier alpha value is -3.08. The summed E-state index contributed by atoms with van der Waals surface area (Å²) in [6, 6.07) is 14.3. The smallest absolute Gasteiger partial charge is 0.261 e. The van der Waals surface area contributed by atoms with Gasteiger partial charge in [0.1, 0.15) is 11.6 Å². The molecule has 2 aromatic carbocycles. The predicted octanol–water partition coefficient (Wildman–Crippen LogP) is 4.53. The minimum absolute atomic E-state index is 0.0904. The first-order valence-electron chi connectivity index (χ1n) is 10.8. The second kappa shape index (κ2) is 9.16. The number of hydrogen-bond acceptors (Lipinski definition) is 3. The van der Waals surface area contributed by atoms with Gasteiger partial charge in [-0.05, 0) is 73.9 Å². The summed E-state index contributed by atoms with van der Waals surface area (Å²) in [5, 5.41) is 3.06. The number of carbonyl (C=O) groups excluding carboxylic acids is 1. The third-order valence-electron chi connectivity index (χ3n) is 5.79. The van der Waals surface area contributed by atoms with E-state index < -0.39 is 6.10 Å². The van der Waals surface area contributed by atoms with E-state index in [-0.39, 0.29) is 5.91 Å². The third-order valence-corrected chi connectivity index (χ3v) is 5.79. The summed E-state index contributed by atoms with van der Waals surface area (Å²) < 4.78 is 8.10. The van der Waals surface area contributed by atoms with Crippen LogP contribution in [0.5, 0.6) is 5.75 Å². The summed E-state index contributed by atoms with van der Waals surface area (Å²) in [4.78, 5) is 17.2.